The van der Waals surface area contributed by atoms with E-state index in [9.17, 15) is 4.79 Å². The van der Waals surface area contributed by atoms with Crippen molar-refractivity contribution in [2.24, 2.45) is 23.2 Å². The summed E-state index contributed by atoms with van der Waals surface area (Å²) in [6.07, 6.45) is 4.54. The first kappa shape index (κ1) is 11.7. The molecular weight excluding hydrogens is 172 g/mol. The molecule has 0 saturated heterocycles. The number of hydrogen-bond acceptors (Lipinski definition) is 1. The SMILES string of the molecule is CC(C)=O.CC1CCC2CC1C2(C)C. The summed E-state index contributed by atoms with van der Waals surface area (Å²) in [5.41, 5.74) is 0.706. The minimum Gasteiger partial charge on any atom is -0.300 e. The lowest BCUT2D eigenvalue weighted by atomic mass is 9.46. The molecule has 0 aliphatic heterocycles. The van der Waals surface area contributed by atoms with Gasteiger partial charge >= 0.3 is 0 Å². The molecule has 0 N–H and O–H groups in total. The highest BCUT2D eigenvalue weighted by atomic mass is 16.1. The van der Waals surface area contributed by atoms with Crippen LogP contribution >= 0.6 is 0 Å². The van der Waals surface area contributed by atoms with Gasteiger partial charge in [0, 0.05) is 0 Å². The molecule has 0 aromatic carbocycles. The number of rotatable bonds is 0. The molecule has 0 amide bonds. The van der Waals surface area contributed by atoms with Crippen LogP contribution in [0.15, 0.2) is 0 Å². The molecule has 2 bridgehead atoms. The van der Waals surface area contributed by atoms with Crippen LogP contribution in [0.25, 0.3) is 0 Å². The fourth-order valence-corrected chi connectivity index (χ4v) is 3.18. The van der Waals surface area contributed by atoms with Gasteiger partial charge in [0.1, 0.15) is 5.78 Å². The molecule has 14 heavy (non-hydrogen) atoms. The minimum atomic E-state index is 0.167. The van der Waals surface area contributed by atoms with Crippen molar-refractivity contribution in [3.63, 3.8) is 0 Å². The molecule has 0 radical (unpaired) electrons. The number of carbonyl (C=O) groups excluding carboxylic acids is 1. The van der Waals surface area contributed by atoms with E-state index in [-0.39, 0.29) is 5.78 Å². The first-order valence-corrected chi connectivity index (χ1v) is 5.83. The van der Waals surface area contributed by atoms with Crippen LogP contribution < -0.4 is 0 Å². The quantitative estimate of drug-likeness (QED) is 0.577. The second kappa shape index (κ2) is 4.04. The number of carbonyl (C=O) groups is 1. The van der Waals surface area contributed by atoms with E-state index in [0.717, 1.165) is 17.8 Å². The molecular formula is C13H24O. The maximum absolute atomic E-state index is 9.44. The summed E-state index contributed by atoms with van der Waals surface area (Å²) in [6.45, 7) is 10.4. The zero-order chi connectivity index (χ0) is 10.9. The first-order chi connectivity index (χ1) is 6.35. The van der Waals surface area contributed by atoms with Crippen LogP contribution in [0.2, 0.25) is 0 Å². The van der Waals surface area contributed by atoms with Gasteiger partial charge < -0.3 is 4.79 Å². The lowest BCUT2D eigenvalue weighted by molar-refractivity contribution is -0.114. The average molecular weight is 196 g/mol. The van der Waals surface area contributed by atoms with Crippen LogP contribution in [0.3, 0.4) is 0 Å². The van der Waals surface area contributed by atoms with Crippen molar-refractivity contribution in [2.45, 2.75) is 53.9 Å². The molecule has 82 valence electrons. The van der Waals surface area contributed by atoms with Gasteiger partial charge in [0.05, 0.1) is 0 Å². The molecule has 0 heterocycles. The lowest BCUT2D eigenvalue weighted by Crippen LogP contribution is -2.51. The Kier molecular flexibility index (Phi) is 3.39. The maximum atomic E-state index is 9.44. The normalized spacial score (nSPS) is 37.6. The number of Topliss-reactive ketones (excluding diaryl/α,β-unsaturated/α-hetero) is 1. The Morgan fingerprint density at radius 3 is 1.93 bits per heavy atom. The van der Waals surface area contributed by atoms with Gasteiger partial charge in [0.2, 0.25) is 0 Å². The van der Waals surface area contributed by atoms with Gasteiger partial charge in [-0.3, -0.25) is 0 Å². The van der Waals surface area contributed by atoms with E-state index in [4.69, 9.17) is 0 Å². The van der Waals surface area contributed by atoms with E-state index in [1.807, 2.05) is 0 Å². The summed E-state index contributed by atoms with van der Waals surface area (Å²) in [6, 6.07) is 0. The van der Waals surface area contributed by atoms with Crippen LogP contribution in [-0.2, 0) is 4.79 Å². The van der Waals surface area contributed by atoms with Gasteiger partial charge in [-0.25, -0.2) is 0 Å². The van der Waals surface area contributed by atoms with Gasteiger partial charge in [-0.2, -0.15) is 0 Å². The third-order valence-corrected chi connectivity index (χ3v) is 4.20. The minimum absolute atomic E-state index is 0.167. The third-order valence-electron chi connectivity index (χ3n) is 4.20. The molecule has 3 aliphatic carbocycles. The van der Waals surface area contributed by atoms with E-state index >= 15 is 0 Å². The molecule has 3 atom stereocenters. The summed E-state index contributed by atoms with van der Waals surface area (Å²) in [5.74, 6) is 3.32. The molecule has 0 spiro atoms. The summed E-state index contributed by atoms with van der Waals surface area (Å²) < 4.78 is 0. The summed E-state index contributed by atoms with van der Waals surface area (Å²) in [4.78, 5) is 9.44. The second-order valence-corrected chi connectivity index (χ2v) is 5.82. The smallest absolute Gasteiger partial charge is 0.126 e. The van der Waals surface area contributed by atoms with Crippen molar-refractivity contribution in [3.8, 4) is 0 Å². The molecule has 1 heteroatoms. The number of fused-ring (bicyclic) bond motifs is 2. The van der Waals surface area contributed by atoms with Crippen LogP contribution in [0, 0.1) is 23.2 Å². The van der Waals surface area contributed by atoms with Gasteiger partial charge in [-0.15, -0.1) is 0 Å². The second-order valence-electron chi connectivity index (χ2n) is 5.82. The zero-order valence-corrected chi connectivity index (χ0v) is 10.3. The molecule has 0 aromatic heterocycles. The Morgan fingerprint density at radius 1 is 1.21 bits per heavy atom. The third kappa shape index (κ3) is 2.18. The van der Waals surface area contributed by atoms with Crippen LogP contribution in [0.4, 0.5) is 0 Å². The molecule has 3 unspecified atom stereocenters. The number of ketones is 1. The summed E-state index contributed by atoms with van der Waals surface area (Å²) >= 11 is 0. The Labute approximate surface area is 88.3 Å². The highest BCUT2D eigenvalue weighted by Crippen LogP contribution is 2.61. The van der Waals surface area contributed by atoms with Gasteiger partial charge in [-0.1, -0.05) is 27.2 Å². The van der Waals surface area contributed by atoms with E-state index in [2.05, 4.69) is 20.8 Å². The summed E-state index contributed by atoms with van der Waals surface area (Å²) in [5, 5.41) is 0. The Balaban J connectivity index is 0.000000213. The Morgan fingerprint density at radius 2 is 1.71 bits per heavy atom. The topological polar surface area (TPSA) is 17.1 Å². The van der Waals surface area contributed by atoms with E-state index in [1.54, 1.807) is 0 Å². The fourth-order valence-electron chi connectivity index (χ4n) is 3.18. The number of hydrogen-bond donors (Lipinski definition) is 0. The molecule has 3 saturated carbocycles. The fraction of sp³-hybridized carbons (Fsp3) is 0.923. The largest absolute Gasteiger partial charge is 0.300 e. The van der Waals surface area contributed by atoms with Crippen LogP contribution in [0.5, 0.6) is 0 Å². The van der Waals surface area contributed by atoms with Gasteiger partial charge in [0.15, 0.2) is 0 Å². The van der Waals surface area contributed by atoms with Gasteiger partial charge in [0.25, 0.3) is 0 Å². The highest BCUT2D eigenvalue weighted by Gasteiger charge is 2.52. The predicted octanol–water partition coefficient (Wildman–Crippen LogP) is 3.67. The maximum Gasteiger partial charge on any atom is 0.126 e. The van der Waals surface area contributed by atoms with Crippen molar-refractivity contribution < 1.29 is 4.79 Å². The van der Waals surface area contributed by atoms with Crippen LogP contribution in [-0.4, -0.2) is 5.78 Å². The molecule has 3 rings (SSSR count). The molecule has 3 aliphatic rings. The zero-order valence-electron chi connectivity index (χ0n) is 10.3. The van der Waals surface area contributed by atoms with E-state index in [1.165, 1.54) is 33.1 Å². The average Bonchev–Trinajstić information content (AvgIpc) is 2.02. The Bertz CT molecular complexity index is 211. The Hall–Kier alpha value is -0.330. The molecule has 0 aromatic rings. The predicted molar refractivity (Wildman–Crippen MR) is 60.1 cm³/mol. The van der Waals surface area contributed by atoms with E-state index in [0.29, 0.717) is 5.41 Å². The van der Waals surface area contributed by atoms with Crippen molar-refractivity contribution in [1.82, 2.24) is 0 Å². The van der Waals surface area contributed by atoms with Crippen molar-refractivity contribution in [3.05, 3.63) is 0 Å². The van der Waals surface area contributed by atoms with Gasteiger partial charge in [-0.05, 0) is 49.9 Å². The van der Waals surface area contributed by atoms with Crippen molar-refractivity contribution >= 4 is 5.78 Å². The standard InChI is InChI=1S/C10H18.C3H6O/c1-7-4-5-8-6-9(7)10(8,2)3;1-3(2)4/h7-9H,4-6H2,1-3H3;1-2H3. The molecule has 3 fully saturated rings. The lowest BCUT2D eigenvalue weighted by Gasteiger charge is -2.59. The van der Waals surface area contributed by atoms with Crippen molar-refractivity contribution in [1.29, 1.82) is 0 Å². The summed E-state index contributed by atoms with van der Waals surface area (Å²) in [7, 11) is 0. The van der Waals surface area contributed by atoms with Crippen LogP contribution in [0.1, 0.15) is 53.9 Å². The molecule has 1 nitrogen and oxygen atoms in total. The highest BCUT2D eigenvalue weighted by molar-refractivity contribution is 5.72. The van der Waals surface area contributed by atoms with Crippen molar-refractivity contribution in [2.75, 3.05) is 0 Å². The monoisotopic (exact) mass is 196 g/mol. The first-order valence-electron chi connectivity index (χ1n) is 5.83. The van der Waals surface area contributed by atoms with E-state index < -0.39 is 0 Å².